The second-order valence-electron chi connectivity index (χ2n) is 14.2. The molecule has 0 saturated carbocycles. The van der Waals surface area contributed by atoms with E-state index in [9.17, 15) is 46.3 Å². The fourth-order valence-electron chi connectivity index (χ4n) is 5.79. The number of ether oxygens (including phenoxy) is 5. The van der Waals surface area contributed by atoms with E-state index in [1.807, 2.05) is 0 Å². The number of phenols is 1. The van der Waals surface area contributed by atoms with Gasteiger partial charge in [-0.25, -0.2) is 4.79 Å². The molecule has 1 aliphatic heterocycles. The van der Waals surface area contributed by atoms with Crippen molar-refractivity contribution in [2.24, 2.45) is 21.7 Å². The third-order valence-corrected chi connectivity index (χ3v) is 11.0. The maximum atomic E-state index is 14.7. The first-order valence-corrected chi connectivity index (χ1v) is 17.3. The van der Waals surface area contributed by atoms with Gasteiger partial charge in [-0.05, 0) is 85.2 Å². The molecule has 0 radical (unpaired) electrons. The Hall–Kier alpha value is -4.64. The molecule has 2 aromatic rings. The average molecular weight is 757 g/mol. The summed E-state index contributed by atoms with van der Waals surface area (Å²) >= 11 is 0. The molecule has 2 aromatic carbocycles. The van der Waals surface area contributed by atoms with Gasteiger partial charge in [0.15, 0.2) is 6.61 Å². The maximum Gasteiger partial charge on any atom is 0.402 e. The quantitative estimate of drug-likeness (QED) is 0.116. The van der Waals surface area contributed by atoms with E-state index in [0.717, 1.165) is 52.0 Å². The number of halogens is 2. The summed E-state index contributed by atoms with van der Waals surface area (Å²) < 4.78 is 86.8. The van der Waals surface area contributed by atoms with Crippen molar-refractivity contribution in [3.63, 3.8) is 0 Å². The van der Waals surface area contributed by atoms with Crippen molar-refractivity contribution >= 4 is 40.0 Å². The van der Waals surface area contributed by atoms with Crippen LogP contribution < -0.4 is 4.74 Å². The van der Waals surface area contributed by atoms with E-state index in [4.69, 9.17) is 23.5 Å². The summed E-state index contributed by atoms with van der Waals surface area (Å²) in [6.07, 6.45) is -1.63. The Bertz CT molecular complexity index is 1810. The fraction of sp³-hybridized carbons (Fsp3) is 0.514. The second kappa shape index (κ2) is 14.4. The summed E-state index contributed by atoms with van der Waals surface area (Å²) in [4.78, 5) is 70.0. The number of esters is 5. The van der Waals surface area contributed by atoms with Gasteiger partial charge in [0.1, 0.15) is 17.1 Å². The zero-order valence-electron chi connectivity index (χ0n) is 29.9. The minimum atomic E-state index is -6.08. The van der Waals surface area contributed by atoms with Crippen LogP contribution in [0.5, 0.6) is 11.5 Å². The van der Waals surface area contributed by atoms with E-state index in [1.54, 1.807) is 44.2 Å². The standard InChI is InChI=1S/C35H42F2O14S/c1-30(2,26(40)48-20-35(36,37)52(44,45)46)33(7,28(42)49-23-16-14-22(38)15-17-23)34(8,29(43)50-24-18-19-47-25(24)39)31(3,4)27(41)51-32(5,6)21-12-10-9-11-13-21/h9-17,24,38H,18-20H2,1-8H3,(H,44,45,46). The molecule has 0 aliphatic carbocycles. The molecule has 0 aromatic heterocycles. The van der Waals surface area contributed by atoms with Gasteiger partial charge in [0, 0.05) is 6.42 Å². The molecule has 1 heterocycles. The summed E-state index contributed by atoms with van der Waals surface area (Å²) in [6.45, 7) is 7.20. The van der Waals surface area contributed by atoms with E-state index in [-0.39, 0.29) is 24.5 Å². The van der Waals surface area contributed by atoms with Crippen LogP contribution in [0.25, 0.3) is 0 Å². The highest BCUT2D eigenvalue weighted by molar-refractivity contribution is 7.86. The van der Waals surface area contributed by atoms with E-state index < -0.39 is 85.2 Å². The van der Waals surface area contributed by atoms with Gasteiger partial charge in [0.2, 0.25) is 6.10 Å². The molecule has 52 heavy (non-hydrogen) atoms. The number of hydrogen-bond donors (Lipinski definition) is 2. The van der Waals surface area contributed by atoms with Crippen LogP contribution in [0.15, 0.2) is 54.6 Å². The molecule has 1 saturated heterocycles. The predicted octanol–water partition coefficient (Wildman–Crippen LogP) is 4.72. The number of hydrogen-bond acceptors (Lipinski definition) is 13. The van der Waals surface area contributed by atoms with Gasteiger partial charge in [0.25, 0.3) is 0 Å². The SMILES string of the molecule is CC(C)(OC(=O)C(C)(C)C(C)(C(=O)OC1CCOC1=O)C(C)(C(=O)Oc1ccc(O)cc1)C(C)(C)C(=O)OCC(F)(F)S(=O)(=O)O)c1ccccc1. The largest absolute Gasteiger partial charge is 0.508 e. The molecule has 3 unspecified atom stereocenters. The van der Waals surface area contributed by atoms with Crippen molar-refractivity contribution in [2.45, 2.75) is 78.8 Å². The molecule has 1 aliphatic rings. The molecule has 0 amide bonds. The first-order chi connectivity index (χ1) is 23.7. The van der Waals surface area contributed by atoms with Crippen LogP contribution in [-0.4, -0.2) is 72.5 Å². The van der Waals surface area contributed by atoms with Crippen LogP contribution in [0.2, 0.25) is 0 Å². The van der Waals surface area contributed by atoms with Gasteiger partial charge in [-0.1, -0.05) is 30.3 Å². The summed E-state index contributed by atoms with van der Waals surface area (Å²) in [5, 5.41) is 4.78. The number of carbonyl (C=O) groups is 5. The number of benzene rings is 2. The minimum Gasteiger partial charge on any atom is -0.508 e. The molecule has 2 N–H and O–H groups in total. The predicted molar refractivity (Wildman–Crippen MR) is 176 cm³/mol. The van der Waals surface area contributed by atoms with E-state index in [1.165, 1.54) is 13.8 Å². The van der Waals surface area contributed by atoms with Crippen molar-refractivity contribution < 1.29 is 74.5 Å². The van der Waals surface area contributed by atoms with Crippen LogP contribution in [0.1, 0.15) is 67.4 Å². The normalized spacial score (nSPS) is 17.9. The smallest absolute Gasteiger partial charge is 0.402 e. The molecule has 3 atom stereocenters. The molecule has 14 nitrogen and oxygen atoms in total. The van der Waals surface area contributed by atoms with Crippen molar-refractivity contribution in [3.05, 3.63) is 60.2 Å². The Morgan fingerprint density at radius 1 is 0.808 bits per heavy atom. The Kier molecular flexibility index (Phi) is 11.6. The summed E-state index contributed by atoms with van der Waals surface area (Å²) in [6, 6.07) is 13.0. The van der Waals surface area contributed by atoms with Crippen LogP contribution in [0.3, 0.4) is 0 Å². The highest BCUT2D eigenvalue weighted by Gasteiger charge is 2.74. The molecular formula is C35H42F2O14S. The van der Waals surface area contributed by atoms with Crippen molar-refractivity contribution in [2.75, 3.05) is 13.2 Å². The Labute approximate surface area is 299 Å². The topological polar surface area (TPSA) is 206 Å². The van der Waals surface area contributed by atoms with Gasteiger partial charge in [-0.3, -0.25) is 23.7 Å². The van der Waals surface area contributed by atoms with Gasteiger partial charge < -0.3 is 28.8 Å². The minimum absolute atomic E-state index is 0.114. The Balaban J connectivity index is 2.31. The van der Waals surface area contributed by atoms with Crippen LogP contribution in [0.4, 0.5) is 8.78 Å². The number of cyclic esters (lactones) is 1. The number of phenolic OH excluding ortho intramolecular Hbond substituents is 1. The van der Waals surface area contributed by atoms with E-state index in [0.29, 0.717) is 5.56 Å². The lowest BCUT2D eigenvalue weighted by molar-refractivity contribution is -0.219. The number of rotatable bonds is 14. The zero-order chi connectivity index (χ0) is 39.7. The second-order valence-corrected chi connectivity index (χ2v) is 15.7. The Morgan fingerprint density at radius 2 is 1.33 bits per heavy atom. The first-order valence-electron chi connectivity index (χ1n) is 15.9. The third-order valence-electron chi connectivity index (χ3n) is 10.1. The summed E-state index contributed by atoms with van der Waals surface area (Å²) in [5.41, 5.74) is -11.0. The lowest BCUT2D eigenvalue weighted by atomic mass is 9.45. The number of carbonyl (C=O) groups excluding carboxylic acids is 5. The van der Waals surface area contributed by atoms with Gasteiger partial charge in [-0.2, -0.15) is 17.2 Å². The monoisotopic (exact) mass is 756 g/mol. The maximum absolute atomic E-state index is 14.7. The van der Waals surface area contributed by atoms with Gasteiger partial charge in [-0.15, -0.1) is 0 Å². The molecule has 17 heteroatoms. The number of aromatic hydroxyl groups is 1. The van der Waals surface area contributed by atoms with Crippen LogP contribution >= 0.6 is 0 Å². The van der Waals surface area contributed by atoms with Crippen LogP contribution in [-0.2, 0) is 58.6 Å². The lowest BCUT2D eigenvalue weighted by Gasteiger charge is -2.55. The van der Waals surface area contributed by atoms with Crippen molar-refractivity contribution in [1.29, 1.82) is 0 Å². The summed E-state index contributed by atoms with van der Waals surface area (Å²) in [5.74, 6) is -7.08. The van der Waals surface area contributed by atoms with Crippen molar-refractivity contribution in [1.82, 2.24) is 0 Å². The van der Waals surface area contributed by atoms with Crippen molar-refractivity contribution in [3.8, 4) is 11.5 Å². The average Bonchev–Trinajstić information content (AvgIpc) is 3.46. The highest BCUT2D eigenvalue weighted by atomic mass is 32.2. The summed E-state index contributed by atoms with van der Waals surface area (Å²) in [7, 11) is -6.08. The first kappa shape index (κ1) is 41.8. The molecule has 3 rings (SSSR count). The molecule has 0 spiro atoms. The van der Waals surface area contributed by atoms with E-state index >= 15 is 0 Å². The fourth-order valence-corrected chi connectivity index (χ4v) is 6.00. The zero-order valence-corrected chi connectivity index (χ0v) is 30.7. The van der Waals surface area contributed by atoms with Gasteiger partial charge >= 0.3 is 45.2 Å². The molecule has 286 valence electrons. The van der Waals surface area contributed by atoms with E-state index in [2.05, 4.69) is 4.74 Å². The van der Waals surface area contributed by atoms with Crippen LogP contribution in [0, 0.1) is 21.7 Å². The Morgan fingerprint density at radius 3 is 1.83 bits per heavy atom. The third kappa shape index (κ3) is 7.60. The lowest BCUT2D eigenvalue weighted by Crippen LogP contribution is -2.67. The highest BCUT2D eigenvalue weighted by Crippen LogP contribution is 2.62. The number of alkyl halides is 2. The molecular weight excluding hydrogens is 714 g/mol. The molecule has 1 fully saturated rings. The van der Waals surface area contributed by atoms with Gasteiger partial charge in [0.05, 0.1) is 28.3 Å². The molecule has 0 bridgehead atoms.